The van der Waals surface area contributed by atoms with Gasteiger partial charge in [0.25, 0.3) is 0 Å². The highest BCUT2D eigenvalue weighted by molar-refractivity contribution is 7.18. The first kappa shape index (κ1) is 17.9. The molecule has 3 aromatic rings. The van der Waals surface area contributed by atoms with Crippen LogP contribution < -0.4 is 0 Å². The average Bonchev–Trinajstić information content (AvgIpc) is 3.08. The van der Waals surface area contributed by atoms with E-state index in [2.05, 4.69) is 53.4 Å². The molecular formula is C21H20ClNOS. The standard InChI is InChI=1S/C21H20ClNOS/c22-21-12-11-20(25-21)19(24)13-14-23(15-17-7-3-1-4-8-17)16-18-9-5-2-6-10-18/h1-12H,13-16H2. The number of hydrogen-bond acceptors (Lipinski definition) is 3. The monoisotopic (exact) mass is 369 g/mol. The molecule has 1 heterocycles. The van der Waals surface area contributed by atoms with Crippen molar-refractivity contribution in [1.82, 2.24) is 4.90 Å². The van der Waals surface area contributed by atoms with Crippen molar-refractivity contribution in [3.63, 3.8) is 0 Å². The lowest BCUT2D eigenvalue weighted by atomic mass is 10.1. The smallest absolute Gasteiger partial charge is 0.174 e. The number of benzene rings is 2. The van der Waals surface area contributed by atoms with Crippen LogP contribution in [0.5, 0.6) is 0 Å². The summed E-state index contributed by atoms with van der Waals surface area (Å²) in [6, 6.07) is 24.3. The van der Waals surface area contributed by atoms with Crippen LogP contribution >= 0.6 is 22.9 Å². The van der Waals surface area contributed by atoms with Crippen LogP contribution in [-0.2, 0) is 13.1 Å². The van der Waals surface area contributed by atoms with Crippen LogP contribution in [0.1, 0.15) is 27.2 Å². The first-order valence-corrected chi connectivity index (χ1v) is 9.49. The summed E-state index contributed by atoms with van der Waals surface area (Å²) in [7, 11) is 0. The molecule has 0 spiro atoms. The van der Waals surface area contributed by atoms with Gasteiger partial charge in [0, 0.05) is 26.1 Å². The van der Waals surface area contributed by atoms with Crippen LogP contribution in [0, 0.1) is 0 Å². The van der Waals surface area contributed by atoms with Crippen molar-refractivity contribution in [2.45, 2.75) is 19.5 Å². The molecule has 0 unspecified atom stereocenters. The molecule has 128 valence electrons. The van der Waals surface area contributed by atoms with E-state index in [1.165, 1.54) is 22.5 Å². The average molecular weight is 370 g/mol. The first-order valence-electron chi connectivity index (χ1n) is 8.29. The molecular weight excluding hydrogens is 350 g/mol. The van der Waals surface area contributed by atoms with Crippen molar-refractivity contribution in [3.8, 4) is 0 Å². The van der Waals surface area contributed by atoms with Gasteiger partial charge < -0.3 is 0 Å². The van der Waals surface area contributed by atoms with Gasteiger partial charge in [-0.05, 0) is 23.3 Å². The zero-order valence-corrected chi connectivity index (χ0v) is 15.5. The van der Waals surface area contributed by atoms with Crippen LogP contribution in [0.2, 0.25) is 4.34 Å². The second-order valence-corrected chi connectivity index (χ2v) is 7.67. The normalized spacial score (nSPS) is 11.0. The molecule has 0 radical (unpaired) electrons. The predicted molar refractivity (Wildman–Crippen MR) is 105 cm³/mol. The summed E-state index contributed by atoms with van der Waals surface area (Å²) in [5, 5.41) is 0. The zero-order valence-electron chi connectivity index (χ0n) is 13.9. The molecule has 0 bridgehead atoms. The largest absolute Gasteiger partial charge is 0.294 e. The maximum Gasteiger partial charge on any atom is 0.174 e. The van der Waals surface area contributed by atoms with Crippen molar-refractivity contribution >= 4 is 28.7 Å². The van der Waals surface area contributed by atoms with E-state index in [9.17, 15) is 4.79 Å². The number of hydrogen-bond donors (Lipinski definition) is 0. The second kappa shape index (κ2) is 8.95. The van der Waals surface area contributed by atoms with E-state index in [1.807, 2.05) is 18.2 Å². The molecule has 0 N–H and O–H groups in total. The highest BCUT2D eigenvalue weighted by Gasteiger charge is 2.13. The molecule has 0 saturated heterocycles. The molecule has 0 saturated carbocycles. The number of nitrogens with zero attached hydrogens (tertiary/aromatic N) is 1. The quantitative estimate of drug-likeness (QED) is 0.476. The summed E-state index contributed by atoms with van der Waals surface area (Å²) in [6.07, 6.45) is 0.497. The van der Waals surface area contributed by atoms with E-state index in [-0.39, 0.29) is 5.78 Å². The van der Waals surface area contributed by atoms with Crippen LogP contribution in [0.3, 0.4) is 0 Å². The van der Waals surface area contributed by atoms with E-state index < -0.39 is 0 Å². The minimum absolute atomic E-state index is 0.156. The summed E-state index contributed by atoms with van der Waals surface area (Å²) >= 11 is 7.29. The van der Waals surface area contributed by atoms with Gasteiger partial charge in [-0.1, -0.05) is 72.3 Å². The van der Waals surface area contributed by atoms with Gasteiger partial charge in [0.1, 0.15) is 0 Å². The van der Waals surface area contributed by atoms with Crippen molar-refractivity contribution in [2.24, 2.45) is 0 Å². The van der Waals surface area contributed by atoms with Crippen molar-refractivity contribution in [2.75, 3.05) is 6.54 Å². The third-order valence-corrected chi connectivity index (χ3v) is 5.27. The topological polar surface area (TPSA) is 20.3 Å². The van der Waals surface area contributed by atoms with E-state index >= 15 is 0 Å². The van der Waals surface area contributed by atoms with Crippen LogP contribution in [0.4, 0.5) is 0 Å². The number of Topliss-reactive ketones (excluding diaryl/α,β-unsaturated/α-hetero) is 1. The van der Waals surface area contributed by atoms with Gasteiger partial charge in [0.2, 0.25) is 0 Å². The molecule has 2 nitrogen and oxygen atoms in total. The Morgan fingerprint density at radius 1 is 0.840 bits per heavy atom. The number of carbonyl (C=O) groups is 1. The van der Waals surface area contributed by atoms with E-state index in [1.54, 1.807) is 6.07 Å². The molecule has 2 aromatic carbocycles. The van der Waals surface area contributed by atoms with Crippen molar-refractivity contribution in [1.29, 1.82) is 0 Å². The summed E-state index contributed by atoms with van der Waals surface area (Å²) in [5.41, 5.74) is 2.51. The van der Waals surface area contributed by atoms with Crippen LogP contribution in [0.25, 0.3) is 0 Å². The summed E-state index contributed by atoms with van der Waals surface area (Å²) < 4.78 is 0.661. The fraction of sp³-hybridized carbons (Fsp3) is 0.190. The Morgan fingerprint density at radius 2 is 1.40 bits per heavy atom. The number of thiophene rings is 1. The minimum atomic E-state index is 0.156. The van der Waals surface area contributed by atoms with Gasteiger partial charge in [0.05, 0.1) is 9.21 Å². The van der Waals surface area contributed by atoms with Gasteiger partial charge in [0.15, 0.2) is 5.78 Å². The number of rotatable bonds is 8. The zero-order chi connectivity index (χ0) is 17.5. The number of ketones is 1. The lowest BCUT2D eigenvalue weighted by Crippen LogP contribution is -2.25. The molecule has 0 aliphatic heterocycles. The molecule has 3 rings (SSSR count). The molecule has 0 aliphatic rings. The Morgan fingerprint density at radius 3 is 1.88 bits per heavy atom. The maximum absolute atomic E-state index is 12.4. The van der Waals surface area contributed by atoms with Crippen molar-refractivity contribution < 1.29 is 4.79 Å². The molecule has 0 aliphatic carbocycles. The maximum atomic E-state index is 12.4. The summed E-state index contributed by atoms with van der Waals surface area (Å²) in [6.45, 7) is 2.38. The summed E-state index contributed by atoms with van der Waals surface area (Å²) in [5.74, 6) is 0.156. The van der Waals surface area contributed by atoms with Crippen LogP contribution in [0.15, 0.2) is 72.8 Å². The van der Waals surface area contributed by atoms with Gasteiger partial charge in [-0.25, -0.2) is 0 Å². The molecule has 0 fully saturated rings. The number of halogens is 1. The third kappa shape index (κ3) is 5.53. The van der Waals surface area contributed by atoms with Gasteiger partial charge in [-0.2, -0.15) is 0 Å². The molecule has 0 atom stereocenters. The molecule has 4 heteroatoms. The van der Waals surface area contributed by atoms with Gasteiger partial charge >= 0.3 is 0 Å². The Labute approximate surface area is 157 Å². The van der Waals surface area contributed by atoms with Crippen LogP contribution in [-0.4, -0.2) is 17.2 Å². The fourth-order valence-electron chi connectivity index (χ4n) is 2.74. The van der Waals surface area contributed by atoms with Gasteiger partial charge in [-0.3, -0.25) is 9.69 Å². The Hall–Kier alpha value is -1.94. The lowest BCUT2D eigenvalue weighted by molar-refractivity contribution is 0.0964. The van der Waals surface area contributed by atoms with E-state index in [0.717, 1.165) is 24.5 Å². The Kier molecular flexibility index (Phi) is 6.40. The van der Waals surface area contributed by atoms with Gasteiger partial charge in [-0.15, -0.1) is 11.3 Å². The van der Waals surface area contributed by atoms with E-state index in [0.29, 0.717) is 10.8 Å². The predicted octanol–water partition coefficient (Wildman–Crippen LogP) is 5.68. The minimum Gasteiger partial charge on any atom is -0.294 e. The second-order valence-electron chi connectivity index (χ2n) is 5.96. The number of carbonyl (C=O) groups excluding carboxylic acids is 1. The van der Waals surface area contributed by atoms with Crippen molar-refractivity contribution in [3.05, 3.63) is 93.1 Å². The highest BCUT2D eigenvalue weighted by atomic mass is 35.5. The highest BCUT2D eigenvalue weighted by Crippen LogP contribution is 2.23. The third-order valence-electron chi connectivity index (χ3n) is 4.00. The first-order chi connectivity index (χ1) is 12.2. The fourth-order valence-corrected chi connectivity index (χ4v) is 3.75. The lowest BCUT2D eigenvalue weighted by Gasteiger charge is -2.22. The SMILES string of the molecule is O=C(CCN(Cc1ccccc1)Cc1ccccc1)c1ccc(Cl)s1. The van der Waals surface area contributed by atoms with E-state index in [4.69, 9.17) is 11.6 Å². The molecule has 0 amide bonds. The Bertz CT molecular complexity index is 760. The summed E-state index contributed by atoms with van der Waals surface area (Å²) in [4.78, 5) is 15.4. The molecule has 25 heavy (non-hydrogen) atoms. The molecule has 1 aromatic heterocycles. The Balaban J connectivity index is 1.66.